The van der Waals surface area contributed by atoms with Gasteiger partial charge in [-0.3, -0.25) is 4.79 Å². The average molecular weight is 442 g/mol. The molecule has 0 radical (unpaired) electrons. The number of hydrogen-bond acceptors (Lipinski definition) is 6. The van der Waals surface area contributed by atoms with E-state index in [1.807, 2.05) is 0 Å². The van der Waals surface area contributed by atoms with Crippen molar-refractivity contribution in [3.63, 3.8) is 0 Å². The van der Waals surface area contributed by atoms with Gasteiger partial charge >= 0.3 is 18.1 Å². The second-order valence-electron chi connectivity index (χ2n) is 9.14. The van der Waals surface area contributed by atoms with Gasteiger partial charge in [-0.2, -0.15) is 13.2 Å². The number of rotatable bonds is 5. The van der Waals surface area contributed by atoms with E-state index < -0.39 is 54.6 Å². The van der Waals surface area contributed by atoms with E-state index in [1.54, 1.807) is 0 Å². The highest BCUT2D eigenvalue weighted by molar-refractivity contribution is 5.77. The lowest BCUT2D eigenvalue weighted by Crippen LogP contribution is -2.63. The van der Waals surface area contributed by atoms with Crippen LogP contribution < -0.4 is 0 Å². The molecule has 0 N–H and O–H groups in total. The number of ether oxygens (including phenoxy) is 4. The fraction of sp³-hybridized carbons (Fsp3) is 0.895. The molecule has 1 aliphatic heterocycles. The van der Waals surface area contributed by atoms with Crippen LogP contribution in [0.2, 0.25) is 0 Å². The van der Waals surface area contributed by atoms with Gasteiger partial charge in [0.1, 0.15) is 12.7 Å². The summed E-state index contributed by atoms with van der Waals surface area (Å²) < 4.78 is 84.3. The fourth-order valence-electron chi connectivity index (χ4n) is 5.83. The van der Waals surface area contributed by atoms with Gasteiger partial charge in [-0.05, 0) is 38.0 Å². The Balaban J connectivity index is 1.42. The van der Waals surface area contributed by atoms with E-state index in [9.17, 15) is 31.5 Å². The van der Waals surface area contributed by atoms with E-state index in [1.165, 1.54) is 0 Å². The van der Waals surface area contributed by atoms with Gasteiger partial charge in [0.15, 0.2) is 12.4 Å². The average Bonchev–Trinajstić information content (AvgIpc) is 3.05. The lowest BCUT2D eigenvalue weighted by molar-refractivity contribution is -0.308. The molecule has 0 aromatic carbocycles. The van der Waals surface area contributed by atoms with Crippen molar-refractivity contribution < 1.29 is 50.5 Å². The number of halogens is 5. The minimum atomic E-state index is -5.08. The first kappa shape index (κ1) is 21.7. The molecule has 1 heterocycles. The van der Waals surface area contributed by atoms with Gasteiger partial charge < -0.3 is 18.9 Å². The molecule has 0 aromatic heterocycles. The summed E-state index contributed by atoms with van der Waals surface area (Å²) in [7, 11) is 0. The molecule has 5 aliphatic rings. The Morgan fingerprint density at radius 2 is 1.67 bits per heavy atom. The Bertz CT molecular complexity index is 701. The molecule has 170 valence electrons. The molecule has 4 aliphatic carbocycles. The van der Waals surface area contributed by atoms with Crippen LogP contribution in [0.4, 0.5) is 22.0 Å². The third kappa shape index (κ3) is 3.79. The first-order valence-corrected chi connectivity index (χ1v) is 9.94. The summed E-state index contributed by atoms with van der Waals surface area (Å²) in [5.41, 5.74) is -0.861. The van der Waals surface area contributed by atoms with Crippen molar-refractivity contribution in [2.24, 2.45) is 23.2 Å². The molecule has 0 aromatic rings. The summed E-state index contributed by atoms with van der Waals surface area (Å²) in [6.45, 7) is -0.899. The van der Waals surface area contributed by atoms with Crippen LogP contribution in [0.5, 0.6) is 0 Å². The Kier molecular flexibility index (Phi) is 5.08. The van der Waals surface area contributed by atoms with Gasteiger partial charge in [0.25, 0.3) is 5.92 Å². The fourth-order valence-corrected chi connectivity index (χ4v) is 5.83. The lowest BCUT2D eigenvalue weighted by Gasteiger charge is -2.61. The summed E-state index contributed by atoms with van der Waals surface area (Å²) in [6.07, 6.45) is -3.23. The number of alkyl halides is 5. The maximum Gasteiger partial charge on any atom is 0.490 e. The van der Waals surface area contributed by atoms with Crippen LogP contribution in [0.15, 0.2) is 0 Å². The van der Waals surface area contributed by atoms with Crippen molar-refractivity contribution in [3.8, 4) is 0 Å². The molecule has 4 bridgehead atoms. The number of carbonyl (C=O) groups is 2. The van der Waals surface area contributed by atoms with E-state index in [0.29, 0.717) is 39.0 Å². The molecule has 3 atom stereocenters. The predicted octanol–water partition coefficient (Wildman–Crippen LogP) is 3.23. The minimum Gasteiger partial charge on any atom is -0.459 e. The van der Waals surface area contributed by atoms with Crippen LogP contribution in [-0.4, -0.2) is 55.7 Å². The van der Waals surface area contributed by atoms with E-state index in [-0.39, 0.29) is 24.4 Å². The van der Waals surface area contributed by atoms with Crippen LogP contribution >= 0.6 is 0 Å². The van der Waals surface area contributed by atoms with Gasteiger partial charge in [-0.1, -0.05) is 0 Å². The van der Waals surface area contributed by atoms with E-state index >= 15 is 0 Å². The Hall–Kier alpha value is -1.49. The quantitative estimate of drug-likeness (QED) is 0.481. The Morgan fingerprint density at radius 1 is 1.03 bits per heavy atom. The van der Waals surface area contributed by atoms with Crippen LogP contribution in [0.1, 0.15) is 39.0 Å². The van der Waals surface area contributed by atoms with Crippen molar-refractivity contribution in [1.29, 1.82) is 0 Å². The van der Waals surface area contributed by atoms with E-state index in [4.69, 9.17) is 14.2 Å². The molecule has 1 saturated heterocycles. The minimum absolute atomic E-state index is 0.0255. The van der Waals surface area contributed by atoms with Crippen LogP contribution in [0.25, 0.3) is 0 Å². The molecule has 4 saturated carbocycles. The molecular weight excluding hydrogens is 419 g/mol. The van der Waals surface area contributed by atoms with Crippen molar-refractivity contribution in [1.82, 2.24) is 0 Å². The zero-order valence-electron chi connectivity index (χ0n) is 16.3. The van der Waals surface area contributed by atoms with Crippen LogP contribution in [-0.2, 0) is 28.5 Å². The van der Waals surface area contributed by atoms with Crippen molar-refractivity contribution in [2.75, 3.05) is 19.8 Å². The second kappa shape index (κ2) is 7.01. The first-order chi connectivity index (χ1) is 13.8. The maximum atomic E-state index is 13.1. The Morgan fingerprint density at radius 3 is 2.23 bits per heavy atom. The molecular formula is C19H23F5O6. The normalized spacial score (nSPS) is 40.1. The topological polar surface area (TPSA) is 71.1 Å². The second-order valence-corrected chi connectivity index (χ2v) is 9.14. The smallest absolute Gasteiger partial charge is 0.459 e. The highest BCUT2D eigenvalue weighted by Crippen LogP contribution is 2.66. The highest BCUT2D eigenvalue weighted by atomic mass is 19.4. The van der Waals surface area contributed by atoms with Crippen LogP contribution in [0, 0.1) is 23.2 Å². The van der Waals surface area contributed by atoms with Gasteiger partial charge in [0, 0.05) is 18.8 Å². The molecule has 5 rings (SSSR count). The van der Waals surface area contributed by atoms with Gasteiger partial charge in [-0.15, -0.1) is 0 Å². The van der Waals surface area contributed by atoms with Crippen molar-refractivity contribution >= 4 is 11.9 Å². The van der Waals surface area contributed by atoms with E-state index in [0.717, 1.165) is 0 Å². The first-order valence-electron chi connectivity index (χ1n) is 9.94. The highest BCUT2D eigenvalue weighted by Gasteiger charge is 2.68. The molecule has 11 heteroatoms. The molecule has 3 unspecified atom stereocenters. The summed E-state index contributed by atoms with van der Waals surface area (Å²) in [4.78, 5) is 23.6. The lowest BCUT2D eigenvalue weighted by atomic mass is 9.47. The summed E-state index contributed by atoms with van der Waals surface area (Å²) >= 11 is 0. The third-order valence-corrected chi connectivity index (χ3v) is 6.69. The zero-order chi connectivity index (χ0) is 21.9. The van der Waals surface area contributed by atoms with Crippen LogP contribution in [0.3, 0.4) is 0 Å². The number of hydrogen-bond donors (Lipinski definition) is 0. The molecule has 0 amide bonds. The molecule has 6 nitrogen and oxygen atoms in total. The van der Waals surface area contributed by atoms with E-state index in [2.05, 4.69) is 4.74 Å². The molecule has 30 heavy (non-hydrogen) atoms. The van der Waals surface area contributed by atoms with Gasteiger partial charge in [-0.25, -0.2) is 13.6 Å². The van der Waals surface area contributed by atoms with Crippen molar-refractivity contribution in [3.05, 3.63) is 0 Å². The number of carbonyl (C=O) groups excluding carboxylic acids is 2. The Labute approximate surface area is 169 Å². The summed E-state index contributed by atoms with van der Waals surface area (Å²) in [5.74, 6) is -7.29. The summed E-state index contributed by atoms with van der Waals surface area (Å²) in [6, 6.07) is 0. The predicted molar refractivity (Wildman–Crippen MR) is 88.1 cm³/mol. The van der Waals surface area contributed by atoms with Gasteiger partial charge in [0.2, 0.25) is 0 Å². The zero-order valence-corrected chi connectivity index (χ0v) is 16.3. The maximum absolute atomic E-state index is 13.1. The van der Waals surface area contributed by atoms with Gasteiger partial charge in [0.05, 0.1) is 12.0 Å². The molecule has 5 fully saturated rings. The monoisotopic (exact) mass is 442 g/mol. The molecule has 1 spiro atoms. The largest absolute Gasteiger partial charge is 0.490 e. The number of esters is 2. The standard InChI is InChI=1S/C19H23F5O6/c1-16(20,21)9-28-14(25)17-4-10-2-11(5-17)18(12(3-10)6-17)29-8-13(30-18)7-27-15(26)19(22,23)24/h10-13H,2-9H2,1H3. The third-order valence-electron chi connectivity index (χ3n) is 6.69. The summed E-state index contributed by atoms with van der Waals surface area (Å²) in [5, 5.41) is 0. The van der Waals surface area contributed by atoms with Crippen molar-refractivity contribution in [2.45, 2.75) is 63.0 Å². The SMILES string of the molecule is CC(F)(F)COC(=O)C12CC3CC(C1)C1(OCC(COC(=O)C(F)(F)F)O1)C(C3)C2.